The lowest BCUT2D eigenvalue weighted by Gasteiger charge is -2.28. The minimum Gasteiger partial charge on any atom is -0.454 e. The second kappa shape index (κ2) is 9.96. The Bertz CT molecular complexity index is 814. The second-order valence-electron chi connectivity index (χ2n) is 6.69. The average molecular weight is 421 g/mol. The van der Waals surface area contributed by atoms with Gasteiger partial charge in [-0.2, -0.15) is 0 Å². The number of rotatable bonds is 8. The summed E-state index contributed by atoms with van der Waals surface area (Å²) in [5.41, 5.74) is 2.24. The molecule has 2 aromatic carbocycles. The number of ether oxygens (including phenoxy) is 2. The molecule has 0 amide bonds. The fraction of sp³-hybridized carbons (Fsp3) is 0.381. The van der Waals surface area contributed by atoms with Crippen molar-refractivity contribution in [1.82, 2.24) is 10.6 Å². The third-order valence-electron chi connectivity index (χ3n) is 5.04. The number of hydrogen-bond donors (Lipinski definition) is 3. The van der Waals surface area contributed by atoms with Crippen LogP contribution in [0.4, 0.5) is 0 Å². The molecule has 0 radical (unpaired) electrons. The van der Waals surface area contributed by atoms with Gasteiger partial charge in [0.25, 0.3) is 0 Å². The normalized spacial score (nSPS) is 13.4. The van der Waals surface area contributed by atoms with Crippen molar-refractivity contribution < 1.29 is 14.4 Å². The highest BCUT2D eigenvalue weighted by Crippen LogP contribution is 2.32. The van der Waals surface area contributed by atoms with Crippen LogP contribution in [-0.2, 0) is 6.54 Å². The largest absolute Gasteiger partial charge is 0.454 e. The van der Waals surface area contributed by atoms with Crippen LogP contribution in [0.5, 0.6) is 11.5 Å². The molecule has 0 fully saturated rings. The number of nitrogens with one attached hydrogen (secondary N) is 3. The first kappa shape index (κ1) is 20.7. The van der Waals surface area contributed by atoms with E-state index in [0.717, 1.165) is 40.7 Å². The zero-order valence-corrected chi connectivity index (χ0v) is 17.8. The van der Waals surface area contributed by atoms with Crippen LogP contribution in [0.2, 0.25) is 5.02 Å². The molecule has 5 nitrogen and oxygen atoms in total. The van der Waals surface area contributed by atoms with E-state index in [-0.39, 0.29) is 12.8 Å². The van der Waals surface area contributed by atoms with E-state index in [0.29, 0.717) is 18.2 Å². The Morgan fingerprint density at radius 2 is 1.86 bits per heavy atom. The third-order valence-corrected chi connectivity index (χ3v) is 5.67. The molecule has 7 heteroatoms. The molecule has 0 unspecified atom stereocenters. The molecule has 28 heavy (non-hydrogen) atoms. The predicted octanol–water partition coefficient (Wildman–Crippen LogP) is 2.70. The Kier molecular flexibility index (Phi) is 7.36. The Morgan fingerprint density at radius 1 is 1.11 bits per heavy atom. The molecule has 0 aromatic heterocycles. The highest BCUT2D eigenvalue weighted by molar-refractivity contribution is 7.80. The quantitative estimate of drug-likeness (QED) is 0.573. The van der Waals surface area contributed by atoms with Gasteiger partial charge in [-0.25, -0.2) is 0 Å². The molecule has 0 saturated carbocycles. The number of benzene rings is 2. The van der Waals surface area contributed by atoms with Gasteiger partial charge in [0.05, 0.1) is 19.6 Å². The molecule has 2 aromatic rings. The van der Waals surface area contributed by atoms with E-state index in [9.17, 15) is 0 Å². The number of hydrogen-bond acceptors (Lipinski definition) is 3. The highest BCUT2D eigenvalue weighted by Gasteiger charge is 2.24. The predicted molar refractivity (Wildman–Crippen MR) is 116 cm³/mol. The van der Waals surface area contributed by atoms with Crippen molar-refractivity contribution >= 4 is 28.9 Å². The first-order chi connectivity index (χ1) is 13.6. The summed E-state index contributed by atoms with van der Waals surface area (Å²) < 4.78 is 10.8. The Hall–Kier alpha value is -2.02. The van der Waals surface area contributed by atoms with Gasteiger partial charge in [-0.3, -0.25) is 0 Å². The summed E-state index contributed by atoms with van der Waals surface area (Å²) in [5, 5.41) is 8.06. The maximum Gasteiger partial charge on any atom is 0.231 e. The first-order valence-corrected chi connectivity index (χ1v) is 10.4. The standard InChI is InChI=1S/C21H26ClN3O2S/c1-3-25(4-2)18(16-7-5-6-8-17(16)22)13-24-21(28)23-12-15-9-10-19-20(11-15)27-14-26-19/h5-11,18H,3-4,12-14H2,1-2H3,(H2,23,24,28)/p+1/t18-/m1/s1. The lowest BCUT2D eigenvalue weighted by Crippen LogP contribution is -3.12. The third kappa shape index (κ3) is 5.07. The summed E-state index contributed by atoms with van der Waals surface area (Å²) in [6.07, 6.45) is 0. The SMILES string of the molecule is CC[NH+](CC)[C@H](CNC(=S)NCc1ccc2c(c1)OCO2)c1ccccc1Cl. The molecule has 3 rings (SSSR count). The van der Waals surface area contributed by atoms with Gasteiger partial charge in [-0.1, -0.05) is 35.9 Å². The number of thiocarbonyl (C=S) groups is 1. The summed E-state index contributed by atoms with van der Waals surface area (Å²) in [7, 11) is 0. The summed E-state index contributed by atoms with van der Waals surface area (Å²) in [6, 6.07) is 14.2. The van der Waals surface area contributed by atoms with Crippen LogP contribution in [0, 0.1) is 0 Å². The number of quaternary nitrogens is 1. The fourth-order valence-corrected chi connectivity index (χ4v) is 3.89. The monoisotopic (exact) mass is 420 g/mol. The lowest BCUT2D eigenvalue weighted by molar-refractivity contribution is -0.927. The highest BCUT2D eigenvalue weighted by atomic mass is 35.5. The molecule has 150 valence electrons. The lowest BCUT2D eigenvalue weighted by atomic mass is 10.0. The number of likely N-dealkylation sites (N-methyl/N-ethyl adjacent to an activating group) is 1. The molecule has 0 spiro atoms. The van der Waals surface area contributed by atoms with Crippen molar-refractivity contribution in [1.29, 1.82) is 0 Å². The van der Waals surface area contributed by atoms with Crippen molar-refractivity contribution in [3.8, 4) is 11.5 Å². The van der Waals surface area contributed by atoms with E-state index in [2.05, 4.69) is 30.5 Å². The second-order valence-corrected chi connectivity index (χ2v) is 7.51. The van der Waals surface area contributed by atoms with Gasteiger partial charge in [0, 0.05) is 17.1 Å². The van der Waals surface area contributed by atoms with Gasteiger partial charge in [0.2, 0.25) is 6.79 Å². The molecule has 0 saturated heterocycles. The Morgan fingerprint density at radius 3 is 2.61 bits per heavy atom. The zero-order chi connectivity index (χ0) is 19.9. The molecule has 3 N–H and O–H groups in total. The van der Waals surface area contributed by atoms with Gasteiger partial charge >= 0.3 is 0 Å². The smallest absolute Gasteiger partial charge is 0.231 e. The maximum atomic E-state index is 6.47. The Balaban J connectivity index is 1.58. The van der Waals surface area contributed by atoms with Crippen molar-refractivity contribution in [2.45, 2.75) is 26.4 Å². The van der Waals surface area contributed by atoms with Crippen LogP contribution in [-0.4, -0.2) is 31.5 Å². The van der Waals surface area contributed by atoms with Gasteiger partial charge < -0.3 is 25.0 Å². The van der Waals surface area contributed by atoms with Gasteiger partial charge in [0.1, 0.15) is 6.04 Å². The van der Waals surface area contributed by atoms with Crippen molar-refractivity contribution in [2.24, 2.45) is 0 Å². The van der Waals surface area contributed by atoms with E-state index < -0.39 is 0 Å². The summed E-state index contributed by atoms with van der Waals surface area (Å²) in [6.45, 7) is 8.04. The van der Waals surface area contributed by atoms with Crippen LogP contribution >= 0.6 is 23.8 Å². The molecule has 1 heterocycles. The van der Waals surface area contributed by atoms with Crippen molar-refractivity contribution in [2.75, 3.05) is 26.4 Å². The van der Waals surface area contributed by atoms with Crippen LogP contribution in [0.15, 0.2) is 42.5 Å². The summed E-state index contributed by atoms with van der Waals surface area (Å²) >= 11 is 12.0. The van der Waals surface area contributed by atoms with Gasteiger partial charge in [0.15, 0.2) is 16.6 Å². The van der Waals surface area contributed by atoms with Crippen molar-refractivity contribution in [3.63, 3.8) is 0 Å². The molecule has 1 aliphatic heterocycles. The average Bonchev–Trinajstić information content (AvgIpc) is 3.18. The molecule has 1 aliphatic rings. The summed E-state index contributed by atoms with van der Waals surface area (Å²) in [5.74, 6) is 1.57. The van der Waals surface area contributed by atoms with Gasteiger partial charge in [-0.15, -0.1) is 0 Å². The molecular formula is C21H27ClN3O2S+. The molecular weight excluding hydrogens is 394 g/mol. The van der Waals surface area contributed by atoms with Crippen LogP contribution in [0.25, 0.3) is 0 Å². The van der Waals surface area contributed by atoms with E-state index in [1.165, 1.54) is 4.90 Å². The Labute approximate surface area is 177 Å². The zero-order valence-electron chi connectivity index (χ0n) is 16.3. The van der Waals surface area contributed by atoms with E-state index in [4.69, 9.17) is 33.3 Å². The first-order valence-electron chi connectivity index (χ1n) is 9.61. The van der Waals surface area contributed by atoms with Crippen LogP contribution in [0.3, 0.4) is 0 Å². The van der Waals surface area contributed by atoms with E-state index in [1.54, 1.807) is 0 Å². The molecule has 1 atom stereocenters. The molecule has 0 aliphatic carbocycles. The molecule has 0 bridgehead atoms. The van der Waals surface area contributed by atoms with E-state index in [1.807, 2.05) is 36.4 Å². The van der Waals surface area contributed by atoms with Gasteiger partial charge in [-0.05, 0) is 49.8 Å². The van der Waals surface area contributed by atoms with Crippen LogP contribution < -0.4 is 25.0 Å². The number of fused-ring (bicyclic) bond motifs is 1. The fourth-order valence-electron chi connectivity index (χ4n) is 3.47. The topological polar surface area (TPSA) is 47.0 Å². The maximum absolute atomic E-state index is 6.47. The van der Waals surface area contributed by atoms with E-state index >= 15 is 0 Å². The van der Waals surface area contributed by atoms with Crippen LogP contribution in [0.1, 0.15) is 31.0 Å². The number of halogens is 1. The summed E-state index contributed by atoms with van der Waals surface area (Å²) in [4.78, 5) is 1.46. The minimum absolute atomic E-state index is 0.231. The van der Waals surface area contributed by atoms with Crippen molar-refractivity contribution in [3.05, 3.63) is 58.6 Å². The minimum atomic E-state index is 0.231.